The van der Waals surface area contributed by atoms with Gasteiger partial charge in [-0.3, -0.25) is 4.79 Å². The number of carbonyl (C=O) groups excluding carboxylic acids is 1. The van der Waals surface area contributed by atoms with Gasteiger partial charge in [-0.25, -0.2) is 0 Å². The van der Waals surface area contributed by atoms with E-state index in [2.05, 4.69) is 5.32 Å². The van der Waals surface area contributed by atoms with Crippen molar-refractivity contribution in [2.24, 2.45) is 11.1 Å². The maximum Gasteiger partial charge on any atom is 0.233 e. The molecule has 0 bridgehead atoms. The summed E-state index contributed by atoms with van der Waals surface area (Å²) in [7, 11) is 0. The van der Waals surface area contributed by atoms with E-state index >= 15 is 0 Å². The van der Waals surface area contributed by atoms with Gasteiger partial charge in [0.2, 0.25) is 5.91 Å². The lowest BCUT2D eigenvalue weighted by atomic mass is 10.0. The third-order valence-electron chi connectivity index (χ3n) is 3.35. The van der Waals surface area contributed by atoms with Gasteiger partial charge in [-0.15, -0.1) is 0 Å². The second-order valence-electron chi connectivity index (χ2n) is 4.39. The van der Waals surface area contributed by atoms with Crippen molar-refractivity contribution in [1.29, 1.82) is 0 Å². The molecule has 1 aliphatic heterocycles. The van der Waals surface area contributed by atoms with Gasteiger partial charge in [-0.1, -0.05) is 12.2 Å². The maximum atomic E-state index is 11.9. The van der Waals surface area contributed by atoms with Crippen molar-refractivity contribution in [3.63, 3.8) is 0 Å². The summed E-state index contributed by atoms with van der Waals surface area (Å²) in [5.41, 5.74) is 5.04. The molecule has 3 N–H and O–H groups in total. The van der Waals surface area contributed by atoms with Crippen LogP contribution in [0.4, 0.5) is 0 Å². The first-order valence-electron chi connectivity index (χ1n) is 5.29. The highest BCUT2D eigenvalue weighted by Gasteiger charge is 2.53. The van der Waals surface area contributed by atoms with Crippen molar-refractivity contribution >= 4 is 23.1 Å². The number of amides is 1. The number of ether oxygens (including phenoxy) is 1. The first kappa shape index (κ1) is 10.8. The lowest BCUT2D eigenvalue weighted by Gasteiger charge is -2.20. The van der Waals surface area contributed by atoms with E-state index in [1.165, 1.54) is 0 Å². The molecular weight excluding hydrogens is 212 g/mol. The fourth-order valence-electron chi connectivity index (χ4n) is 1.94. The van der Waals surface area contributed by atoms with Crippen LogP contribution in [0.3, 0.4) is 0 Å². The molecule has 2 fully saturated rings. The first-order chi connectivity index (χ1) is 7.06. The minimum atomic E-state index is -0.544. The van der Waals surface area contributed by atoms with Crippen LogP contribution in [0.1, 0.15) is 26.2 Å². The Morgan fingerprint density at radius 1 is 1.60 bits per heavy atom. The molecule has 4 nitrogen and oxygen atoms in total. The van der Waals surface area contributed by atoms with Gasteiger partial charge in [0.05, 0.1) is 22.5 Å². The Bertz CT molecular complexity index is 302. The van der Waals surface area contributed by atoms with Crippen LogP contribution >= 0.6 is 12.2 Å². The van der Waals surface area contributed by atoms with Crippen molar-refractivity contribution in [3.8, 4) is 0 Å². The van der Waals surface area contributed by atoms with Gasteiger partial charge in [0, 0.05) is 6.61 Å². The summed E-state index contributed by atoms with van der Waals surface area (Å²) in [4.78, 5) is 12.3. The number of nitrogens with one attached hydrogen (secondary N) is 1. The smallest absolute Gasteiger partial charge is 0.233 e. The van der Waals surface area contributed by atoms with Crippen LogP contribution in [-0.2, 0) is 9.53 Å². The normalized spacial score (nSPS) is 32.3. The van der Waals surface area contributed by atoms with Crippen molar-refractivity contribution in [2.45, 2.75) is 38.3 Å². The van der Waals surface area contributed by atoms with E-state index in [4.69, 9.17) is 22.7 Å². The minimum Gasteiger partial charge on any atom is -0.392 e. The van der Waals surface area contributed by atoms with Crippen LogP contribution in [0.25, 0.3) is 0 Å². The van der Waals surface area contributed by atoms with Crippen LogP contribution in [-0.4, -0.2) is 29.6 Å². The van der Waals surface area contributed by atoms with Crippen molar-refractivity contribution in [1.82, 2.24) is 5.32 Å². The second-order valence-corrected chi connectivity index (χ2v) is 4.83. The molecule has 2 rings (SSSR count). The fraction of sp³-hybridized carbons (Fsp3) is 0.800. The van der Waals surface area contributed by atoms with Gasteiger partial charge in [0.1, 0.15) is 0 Å². The predicted octanol–water partition coefficient (Wildman–Crippen LogP) is 0.346. The molecule has 0 radical (unpaired) electrons. The van der Waals surface area contributed by atoms with Gasteiger partial charge in [-0.2, -0.15) is 0 Å². The molecule has 0 aromatic carbocycles. The number of hydrogen-bond donors (Lipinski definition) is 2. The standard InChI is InChI=1S/C10H16N2O2S/c1-6-7(2-5-14-6)12-9(13)10(3-4-10)8(11)15/h6-7H,2-5H2,1H3,(H2,11,15)(H,12,13). The molecule has 1 saturated carbocycles. The Labute approximate surface area is 94.5 Å². The highest BCUT2D eigenvalue weighted by Crippen LogP contribution is 2.46. The molecule has 1 aliphatic carbocycles. The van der Waals surface area contributed by atoms with E-state index in [1.807, 2.05) is 6.92 Å². The Hall–Kier alpha value is -0.680. The highest BCUT2D eigenvalue weighted by molar-refractivity contribution is 7.80. The molecule has 5 heteroatoms. The van der Waals surface area contributed by atoms with Gasteiger partial charge >= 0.3 is 0 Å². The molecule has 0 aromatic heterocycles. The van der Waals surface area contributed by atoms with Crippen LogP contribution in [0, 0.1) is 5.41 Å². The summed E-state index contributed by atoms with van der Waals surface area (Å²) < 4.78 is 5.38. The number of carbonyl (C=O) groups is 1. The van der Waals surface area contributed by atoms with Crippen LogP contribution in [0.2, 0.25) is 0 Å². The average Bonchev–Trinajstić information content (AvgIpc) is 2.89. The van der Waals surface area contributed by atoms with Crippen molar-refractivity contribution in [3.05, 3.63) is 0 Å². The zero-order valence-corrected chi connectivity index (χ0v) is 9.60. The van der Waals surface area contributed by atoms with E-state index in [0.29, 0.717) is 11.6 Å². The molecule has 1 heterocycles. The summed E-state index contributed by atoms with van der Waals surface area (Å²) in [6.07, 6.45) is 2.54. The van der Waals surface area contributed by atoms with Crippen molar-refractivity contribution in [2.75, 3.05) is 6.61 Å². The second kappa shape index (κ2) is 3.72. The van der Waals surface area contributed by atoms with Crippen LogP contribution < -0.4 is 11.1 Å². The number of rotatable bonds is 3. The zero-order valence-electron chi connectivity index (χ0n) is 8.79. The van der Waals surface area contributed by atoms with Gasteiger partial charge in [0.15, 0.2) is 0 Å². The monoisotopic (exact) mass is 228 g/mol. The predicted molar refractivity (Wildman–Crippen MR) is 60.4 cm³/mol. The Morgan fingerprint density at radius 3 is 2.67 bits per heavy atom. The van der Waals surface area contributed by atoms with Gasteiger partial charge < -0.3 is 15.8 Å². The minimum absolute atomic E-state index is 0.0163. The number of hydrogen-bond acceptors (Lipinski definition) is 3. The molecule has 1 amide bonds. The molecule has 2 atom stereocenters. The molecule has 15 heavy (non-hydrogen) atoms. The zero-order chi connectivity index (χ0) is 11.1. The van der Waals surface area contributed by atoms with E-state index in [-0.39, 0.29) is 18.1 Å². The number of thiocarbonyl (C=S) groups is 1. The molecule has 0 aromatic rings. The average molecular weight is 228 g/mol. The van der Waals surface area contributed by atoms with Crippen LogP contribution in [0.15, 0.2) is 0 Å². The van der Waals surface area contributed by atoms with Crippen LogP contribution in [0.5, 0.6) is 0 Å². The van der Waals surface area contributed by atoms with E-state index in [0.717, 1.165) is 19.3 Å². The molecular formula is C10H16N2O2S. The largest absolute Gasteiger partial charge is 0.392 e. The molecule has 2 unspecified atom stereocenters. The SMILES string of the molecule is CC1OCCC1NC(=O)C1(C(N)=S)CC1. The lowest BCUT2D eigenvalue weighted by molar-refractivity contribution is -0.125. The van der Waals surface area contributed by atoms with E-state index in [1.54, 1.807) is 0 Å². The van der Waals surface area contributed by atoms with E-state index in [9.17, 15) is 4.79 Å². The molecule has 84 valence electrons. The summed E-state index contributed by atoms with van der Waals surface area (Å²) in [6, 6.07) is 0.115. The summed E-state index contributed by atoms with van der Waals surface area (Å²) >= 11 is 4.93. The lowest BCUT2D eigenvalue weighted by Crippen LogP contribution is -2.46. The first-order valence-corrected chi connectivity index (χ1v) is 5.69. The van der Waals surface area contributed by atoms with E-state index < -0.39 is 5.41 Å². The number of nitrogens with two attached hydrogens (primary N) is 1. The van der Waals surface area contributed by atoms with Gasteiger partial charge in [0.25, 0.3) is 0 Å². The van der Waals surface area contributed by atoms with Crippen molar-refractivity contribution < 1.29 is 9.53 Å². The highest BCUT2D eigenvalue weighted by atomic mass is 32.1. The molecule has 2 aliphatic rings. The van der Waals surface area contributed by atoms with Gasteiger partial charge in [-0.05, 0) is 26.2 Å². The third kappa shape index (κ3) is 1.86. The Kier molecular flexibility index (Phi) is 2.68. The summed E-state index contributed by atoms with van der Waals surface area (Å²) in [5, 5.41) is 2.98. The topological polar surface area (TPSA) is 64.3 Å². The molecule has 0 spiro atoms. The molecule has 1 saturated heterocycles. The third-order valence-corrected chi connectivity index (χ3v) is 3.74. The fourth-order valence-corrected chi connectivity index (χ4v) is 2.23. The Morgan fingerprint density at radius 2 is 2.27 bits per heavy atom. The Balaban J connectivity index is 1.95. The quantitative estimate of drug-likeness (QED) is 0.684. The maximum absolute atomic E-state index is 11.9. The summed E-state index contributed by atoms with van der Waals surface area (Å²) in [6.45, 7) is 2.68. The summed E-state index contributed by atoms with van der Waals surface area (Å²) in [5.74, 6) is -0.0163.